The normalized spacial score (nSPS) is 20.6. The lowest BCUT2D eigenvalue weighted by Gasteiger charge is -2.24. The van der Waals surface area contributed by atoms with Gasteiger partial charge in [-0.1, -0.05) is 12.1 Å². The number of amides is 1. The number of aliphatic hydroxyl groups is 1. The fourth-order valence-corrected chi connectivity index (χ4v) is 6.85. The zero-order valence-electron chi connectivity index (χ0n) is 18.7. The lowest BCUT2D eigenvalue weighted by Crippen LogP contribution is -2.28. The average molecular weight is 510 g/mol. The van der Waals surface area contributed by atoms with E-state index in [9.17, 15) is 23.1 Å². The number of likely N-dealkylation sites (tertiary alicyclic amines) is 1. The molecule has 8 nitrogen and oxygen atoms in total. The van der Waals surface area contributed by atoms with Crippen LogP contribution in [0.3, 0.4) is 0 Å². The molecule has 0 bridgehead atoms. The maximum atomic E-state index is 13.1. The van der Waals surface area contributed by atoms with Crippen LogP contribution in [0.25, 0.3) is 5.76 Å². The van der Waals surface area contributed by atoms with Gasteiger partial charge in [0.25, 0.3) is 11.7 Å². The van der Waals surface area contributed by atoms with Crippen molar-refractivity contribution in [3.05, 3.63) is 87.9 Å². The van der Waals surface area contributed by atoms with Gasteiger partial charge in [0.05, 0.1) is 16.5 Å². The summed E-state index contributed by atoms with van der Waals surface area (Å²) in [5, 5.41) is 13.0. The van der Waals surface area contributed by atoms with Gasteiger partial charge < -0.3 is 10.0 Å². The third-order valence-corrected chi connectivity index (χ3v) is 9.10. The van der Waals surface area contributed by atoms with Gasteiger partial charge in [-0.05, 0) is 60.2 Å². The first kappa shape index (κ1) is 23.4. The van der Waals surface area contributed by atoms with Crippen LogP contribution in [0.1, 0.15) is 34.9 Å². The minimum absolute atomic E-state index is 0.0171. The molecule has 1 amide bonds. The lowest BCUT2D eigenvalue weighted by atomic mass is 10.00. The largest absolute Gasteiger partial charge is 0.507 e. The number of aromatic nitrogens is 1. The molecule has 35 heavy (non-hydrogen) atoms. The van der Waals surface area contributed by atoms with Gasteiger partial charge in [-0.15, -0.1) is 11.3 Å². The number of aliphatic hydroxyl groups excluding tert-OH is 1. The highest BCUT2D eigenvalue weighted by molar-refractivity contribution is 7.89. The Morgan fingerprint density at radius 3 is 2.43 bits per heavy atom. The standard InChI is InChI=1S/C25H23N3O5S2/c29-23(18-7-9-19(10-8-18)35(32,33)27-12-1-2-13-27)21-22(20-6-4-14-34-20)28(25(31)24(21)30)16-17-5-3-11-26-15-17/h3-11,14-15,22,29H,1-2,12-13,16H2/b23-21+. The predicted octanol–water partition coefficient (Wildman–Crippen LogP) is 3.55. The predicted molar refractivity (Wildman–Crippen MR) is 131 cm³/mol. The highest BCUT2D eigenvalue weighted by atomic mass is 32.2. The quantitative estimate of drug-likeness (QED) is 0.309. The van der Waals surface area contributed by atoms with Crippen molar-refractivity contribution < 1.29 is 23.1 Å². The van der Waals surface area contributed by atoms with E-state index in [1.165, 1.54) is 44.8 Å². The maximum absolute atomic E-state index is 13.1. The van der Waals surface area contributed by atoms with E-state index in [-0.39, 0.29) is 28.3 Å². The monoisotopic (exact) mass is 509 g/mol. The first-order chi connectivity index (χ1) is 16.9. The lowest BCUT2D eigenvalue weighted by molar-refractivity contribution is -0.140. The second kappa shape index (κ2) is 9.37. The minimum atomic E-state index is -3.61. The SMILES string of the molecule is O=C1C(=O)N(Cc2cccnc2)C(c2cccs2)/C1=C(\O)c1ccc(S(=O)(=O)N2CCCC2)cc1. The number of thiophene rings is 1. The number of carbonyl (C=O) groups is 2. The number of benzene rings is 1. The summed E-state index contributed by atoms with van der Waals surface area (Å²) in [4.78, 5) is 32.5. The molecule has 5 rings (SSSR count). The first-order valence-electron chi connectivity index (χ1n) is 11.2. The third-order valence-electron chi connectivity index (χ3n) is 6.26. The van der Waals surface area contributed by atoms with E-state index < -0.39 is 27.8 Å². The third kappa shape index (κ3) is 4.29. The van der Waals surface area contributed by atoms with Crippen LogP contribution in [0.2, 0.25) is 0 Å². The van der Waals surface area contributed by atoms with Gasteiger partial charge in [0.1, 0.15) is 5.76 Å². The molecule has 1 unspecified atom stereocenters. The second-order valence-corrected chi connectivity index (χ2v) is 11.4. The Labute approximate surface area is 207 Å². The van der Waals surface area contributed by atoms with Crippen molar-refractivity contribution in [2.45, 2.75) is 30.3 Å². The van der Waals surface area contributed by atoms with Crippen molar-refractivity contribution in [3.63, 3.8) is 0 Å². The van der Waals surface area contributed by atoms with E-state index in [0.29, 0.717) is 13.1 Å². The number of rotatable bonds is 6. The van der Waals surface area contributed by atoms with Crippen molar-refractivity contribution in [2.75, 3.05) is 13.1 Å². The van der Waals surface area contributed by atoms with Gasteiger partial charge >= 0.3 is 0 Å². The number of carbonyl (C=O) groups excluding carboxylic acids is 2. The number of sulfonamides is 1. The van der Waals surface area contributed by atoms with Crippen molar-refractivity contribution in [1.29, 1.82) is 0 Å². The fourth-order valence-electron chi connectivity index (χ4n) is 4.49. The molecule has 1 aromatic carbocycles. The molecule has 2 aliphatic heterocycles. The van der Waals surface area contributed by atoms with Crippen molar-refractivity contribution in [3.8, 4) is 0 Å². The Morgan fingerprint density at radius 1 is 1.06 bits per heavy atom. The van der Waals surface area contributed by atoms with E-state index in [0.717, 1.165) is 23.3 Å². The summed E-state index contributed by atoms with van der Waals surface area (Å²) in [6, 6.07) is 12.2. The number of ketones is 1. The van der Waals surface area contributed by atoms with Crippen LogP contribution in [-0.4, -0.2) is 52.5 Å². The molecule has 180 valence electrons. The van der Waals surface area contributed by atoms with Crippen LogP contribution < -0.4 is 0 Å². The summed E-state index contributed by atoms with van der Waals surface area (Å²) in [6.45, 7) is 1.14. The molecule has 10 heteroatoms. The molecular formula is C25H23N3O5S2. The molecule has 2 aromatic heterocycles. The Kier molecular flexibility index (Phi) is 6.26. The summed E-state index contributed by atoms with van der Waals surface area (Å²) in [7, 11) is -3.61. The molecule has 1 N–H and O–H groups in total. The van der Waals surface area contributed by atoms with Crippen molar-refractivity contribution >= 4 is 38.8 Å². The highest BCUT2D eigenvalue weighted by Gasteiger charge is 2.46. The highest BCUT2D eigenvalue weighted by Crippen LogP contribution is 2.42. The number of hydrogen-bond acceptors (Lipinski definition) is 7. The molecule has 0 radical (unpaired) electrons. The first-order valence-corrected chi connectivity index (χ1v) is 13.5. The topological polar surface area (TPSA) is 108 Å². The molecule has 2 saturated heterocycles. The molecule has 3 aromatic rings. The maximum Gasteiger partial charge on any atom is 0.295 e. The zero-order chi connectivity index (χ0) is 24.6. The Morgan fingerprint density at radius 2 is 1.80 bits per heavy atom. The zero-order valence-corrected chi connectivity index (χ0v) is 20.3. The van der Waals surface area contributed by atoms with Gasteiger partial charge in [0, 0.05) is 42.5 Å². The summed E-state index contributed by atoms with van der Waals surface area (Å²) < 4.78 is 27.1. The molecule has 0 saturated carbocycles. The van der Waals surface area contributed by atoms with Crippen LogP contribution in [0.15, 0.2) is 76.8 Å². The van der Waals surface area contributed by atoms with Gasteiger partial charge in [0.2, 0.25) is 10.0 Å². The summed E-state index contributed by atoms with van der Waals surface area (Å²) >= 11 is 1.38. The van der Waals surface area contributed by atoms with Crippen molar-refractivity contribution in [1.82, 2.24) is 14.2 Å². The molecular weight excluding hydrogens is 486 g/mol. The molecule has 2 fully saturated rings. The van der Waals surface area contributed by atoms with Crippen LogP contribution in [0, 0.1) is 0 Å². The van der Waals surface area contributed by atoms with E-state index in [2.05, 4.69) is 4.98 Å². The van der Waals surface area contributed by atoms with E-state index in [4.69, 9.17) is 0 Å². The number of nitrogens with zero attached hydrogens (tertiary/aromatic N) is 3. The van der Waals surface area contributed by atoms with Crippen LogP contribution in [0.4, 0.5) is 0 Å². The number of pyridine rings is 1. The summed E-state index contributed by atoms with van der Waals surface area (Å²) in [6.07, 6.45) is 4.92. The van der Waals surface area contributed by atoms with E-state index in [1.54, 1.807) is 18.5 Å². The van der Waals surface area contributed by atoms with E-state index in [1.807, 2.05) is 23.6 Å². The van der Waals surface area contributed by atoms with Gasteiger partial charge in [-0.25, -0.2) is 8.42 Å². The molecule has 0 spiro atoms. The average Bonchev–Trinajstić information content (AvgIpc) is 3.64. The summed E-state index contributed by atoms with van der Waals surface area (Å²) in [5.74, 6) is -1.82. The Balaban J connectivity index is 1.53. The Hall–Kier alpha value is -3.34. The fraction of sp³-hybridized carbons (Fsp3) is 0.240. The minimum Gasteiger partial charge on any atom is -0.507 e. The van der Waals surface area contributed by atoms with Gasteiger partial charge in [-0.2, -0.15) is 4.31 Å². The molecule has 0 aliphatic carbocycles. The summed E-state index contributed by atoms with van der Waals surface area (Å²) in [5.41, 5.74) is 1.01. The smallest absolute Gasteiger partial charge is 0.295 e. The molecule has 1 atom stereocenters. The number of Topliss-reactive ketones (excluding diaryl/α,β-unsaturated/α-hetero) is 1. The molecule has 2 aliphatic rings. The van der Waals surface area contributed by atoms with Crippen molar-refractivity contribution in [2.24, 2.45) is 0 Å². The van der Waals surface area contributed by atoms with Crippen LogP contribution in [-0.2, 0) is 26.2 Å². The van der Waals surface area contributed by atoms with Gasteiger partial charge in [-0.3, -0.25) is 14.6 Å². The second-order valence-electron chi connectivity index (χ2n) is 8.44. The van der Waals surface area contributed by atoms with Crippen LogP contribution >= 0.6 is 11.3 Å². The Bertz CT molecular complexity index is 1380. The molecule has 4 heterocycles. The van der Waals surface area contributed by atoms with Crippen LogP contribution in [0.5, 0.6) is 0 Å². The van der Waals surface area contributed by atoms with E-state index >= 15 is 0 Å². The number of hydrogen-bond donors (Lipinski definition) is 1. The van der Waals surface area contributed by atoms with Gasteiger partial charge in [0.15, 0.2) is 0 Å².